The van der Waals surface area contributed by atoms with Gasteiger partial charge in [-0.25, -0.2) is 0 Å². The van der Waals surface area contributed by atoms with E-state index in [-0.39, 0.29) is 0 Å². The zero-order chi connectivity index (χ0) is 10.8. The second-order valence-corrected chi connectivity index (χ2v) is 3.33. The molecule has 1 heteroatoms. The Bertz CT molecular complexity index is 234. The predicted octanol–water partition coefficient (Wildman–Crippen LogP) is 3.71. The summed E-state index contributed by atoms with van der Waals surface area (Å²) in [7, 11) is 0. The zero-order valence-corrected chi connectivity index (χ0v) is 9.13. The molecule has 0 heterocycles. The molecule has 0 atom stereocenters. The summed E-state index contributed by atoms with van der Waals surface area (Å²) in [6.07, 6.45) is 12.7. The third-order valence-corrected chi connectivity index (χ3v) is 1.99. The van der Waals surface area contributed by atoms with Gasteiger partial charge < -0.3 is 5.73 Å². The van der Waals surface area contributed by atoms with Gasteiger partial charge in [-0.15, -0.1) is 0 Å². The minimum absolute atomic E-state index is 0.620. The molecule has 78 valence electrons. The number of rotatable bonds is 7. The van der Waals surface area contributed by atoms with Crippen LogP contribution in [0, 0.1) is 0 Å². The smallest absolute Gasteiger partial charge is 0.0267 e. The Morgan fingerprint density at radius 2 is 1.93 bits per heavy atom. The van der Waals surface area contributed by atoms with E-state index in [0.29, 0.717) is 5.70 Å². The van der Waals surface area contributed by atoms with Gasteiger partial charge >= 0.3 is 0 Å². The Morgan fingerprint density at radius 3 is 2.50 bits per heavy atom. The average molecular weight is 191 g/mol. The SMILES string of the molecule is C=C(N)C(=C)CCCC/C=C\C=C/C. The maximum atomic E-state index is 5.50. The lowest BCUT2D eigenvalue weighted by molar-refractivity contribution is 0.746. The molecule has 2 N–H and O–H groups in total. The number of hydrogen-bond donors (Lipinski definition) is 1. The van der Waals surface area contributed by atoms with Crippen LogP contribution in [0.3, 0.4) is 0 Å². The van der Waals surface area contributed by atoms with Gasteiger partial charge in [0.1, 0.15) is 0 Å². The Hall–Kier alpha value is -1.24. The Kier molecular flexibility index (Phi) is 7.62. The first-order valence-corrected chi connectivity index (χ1v) is 5.08. The minimum atomic E-state index is 0.620. The Labute approximate surface area is 87.7 Å². The van der Waals surface area contributed by atoms with Gasteiger partial charge in [0.05, 0.1) is 0 Å². The van der Waals surface area contributed by atoms with Gasteiger partial charge in [0, 0.05) is 5.70 Å². The van der Waals surface area contributed by atoms with Gasteiger partial charge in [0.15, 0.2) is 0 Å². The molecule has 0 aliphatic carbocycles. The Balaban J connectivity index is 3.38. The van der Waals surface area contributed by atoms with Gasteiger partial charge in [-0.05, 0) is 38.2 Å². The van der Waals surface area contributed by atoms with Crippen molar-refractivity contribution in [2.75, 3.05) is 0 Å². The third-order valence-electron chi connectivity index (χ3n) is 1.99. The van der Waals surface area contributed by atoms with Crippen LogP contribution in [0.2, 0.25) is 0 Å². The summed E-state index contributed by atoms with van der Waals surface area (Å²) < 4.78 is 0. The van der Waals surface area contributed by atoms with Crippen molar-refractivity contribution in [2.45, 2.75) is 32.6 Å². The van der Waals surface area contributed by atoms with E-state index >= 15 is 0 Å². The summed E-state index contributed by atoms with van der Waals surface area (Å²) in [4.78, 5) is 0. The first-order chi connectivity index (χ1) is 6.68. The molecule has 0 aliphatic heterocycles. The molecule has 0 aliphatic rings. The highest BCUT2D eigenvalue weighted by atomic mass is 14.6. The van der Waals surface area contributed by atoms with Crippen LogP contribution in [0.5, 0.6) is 0 Å². The summed E-state index contributed by atoms with van der Waals surface area (Å²) >= 11 is 0. The maximum Gasteiger partial charge on any atom is 0.0267 e. The van der Waals surface area contributed by atoms with Crippen LogP contribution in [-0.4, -0.2) is 0 Å². The molecule has 1 nitrogen and oxygen atoms in total. The Morgan fingerprint density at radius 1 is 1.21 bits per heavy atom. The van der Waals surface area contributed by atoms with Crippen LogP contribution in [0.25, 0.3) is 0 Å². The maximum absolute atomic E-state index is 5.50. The van der Waals surface area contributed by atoms with Gasteiger partial charge in [0.25, 0.3) is 0 Å². The first kappa shape index (κ1) is 12.8. The molecule has 0 aromatic heterocycles. The first-order valence-electron chi connectivity index (χ1n) is 5.08. The van der Waals surface area contributed by atoms with E-state index in [2.05, 4.69) is 25.3 Å². The van der Waals surface area contributed by atoms with Crippen LogP contribution in [0.1, 0.15) is 32.6 Å². The molecule has 0 unspecified atom stereocenters. The molecule has 0 aromatic rings. The normalized spacial score (nSPS) is 11.2. The predicted molar refractivity (Wildman–Crippen MR) is 64.9 cm³/mol. The molecular formula is C13H21N. The lowest BCUT2D eigenvalue weighted by atomic mass is 10.1. The monoisotopic (exact) mass is 191 g/mol. The van der Waals surface area contributed by atoms with Gasteiger partial charge in [-0.1, -0.05) is 37.5 Å². The van der Waals surface area contributed by atoms with E-state index in [4.69, 9.17) is 5.73 Å². The molecule has 0 fully saturated rings. The molecule has 0 saturated carbocycles. The highest BCUT2D eigenvalue weighted by molar-refractivity contribution is 5.21. The highest BCUT2D eigenvalue weighted by Crippen LogP contribution is 2.10. The summed E-state index contributed by atoms with van der Waals surface area (Å²) in [5.74, 6) is 0. The van der Waals surface area contributed by atoms with Gasteiger partial charge in [0.2, 0.25) is 0 Å². The number of allylic oxidation sites excluding steroid dienone is 5. The lowest BCUT2D eigenvalue weighted by Gasteiger charge is -2.02. The van der Waals surface area contributed by atoms with Crippen molar-refractivity contribution >= 4 is 0 Å². The van der Waals surface area contributed by atoms with Crippen molar-refractivity contribution < 1.29 is 0 Å². The molecule has 0 aromatic carbocycles. The molecule has 0 saturated heterocycles. The second kappa shape index (κ2) is 8.36. The third kappa shape index (κ3) is 7.41. The molecular weight excluding hydrogens is 170 g/mol. The van der Waals surface area contributed by atoms with E-state index in [1.165, 1.54) is 6.42 Å². The van der Waals surface area contributed by atoms with Crippen LogP contribution in [0.15, 0.2) is 48.7 Å². The second-order valence-electron chi connectivity index (χ2n) is 3.33. The summed E-state index contributed by atoms with van der Waals surface area (Å²) in [6.45, 7) is 9.51. The van der Waals surface area contributed by atoms with Gasteiger partial charge in [-0.2, -0.15) is 0 Å². The van der Waals surface area contributed by atoms with E-state index in [1.54, 1.807) is 0 Å². The van der Waals surface area contributed by atoms with Crippen molar-refractivity contribution in [2.24, 2.45) is 5.73 Å². The van der Waals surface area contributed by atoms with E-state index in [1.807, 2.05) is 19.1 Å². The lowest BCUT2D eigenvalue weighted by Crippen LogP contribution is -1.97. The number of hydrogen-bond acceptors (Lipinski definition) is 1. The van der Waals surface area contributed by atoms with Crippen LogP contribution >= 0.6 is 0 Å². The van der Waals surface area contributed by atoms with Crippen molar-refractivity contribution in [1.82, 2.24) is 0 Å². The van der Waals surface area contributed by atoms with Crippen molar-refractivity contribution in [1.29, 1.82) is 0 Å². The van der Waals surface area contributed by atoms with Crippen molar-refractivity contribution in [3.8, 4) is 0 Å². The molecule has 0 bridgehead atoms. The van der Waals surface area contributed by atoms with E-state index in [0.717, 1.165) is 24.8 Å². The number of unbranched alkanes of at least 4 members (excludes halogenated alkanes) is 2. The van der Waals surface area contributed by atoms with Crippen LogP contribution in [-0.2, 0) is 0 Å². The van der Waals surface area contributed by atoms with Crippen LogP contribution in [0.4, 0.5) is 0 Å². The average Bonchev–Trinajstić information content (AvgIpc) is 2.16. The van der Waals surface area contributed by atoms with Crippen LogP contribution < -0.4 is 5.73 Å². The molecule has 0 spiro atoms. The van der Waals surface area contributed by atoms with E-state index < -0.39 is 0 Å². The van der Waals surface area contributed by atoms with Crippen molar-refractivity contribution in [3.05, 3.63) is 48.7 Å². The van der Waals surface area contributed by atoms with E-state index in [9.17, 15) is 0 Å². The number of nitrogens with two attached hydrogens (primary N) is 1. The standard InChI is InChI=1S/C13H21N/c1-4-5-6-7-8-9-10-11-12(2)13(3)14/h4-7H,2-3,8-11,14H2,1H3/b5-4-,7-6-. The fourth-order valence-electron chi connectivity index (χ4n) is 1.05. The minimum Gasteiger partial charge on any atom is -0.399 e. The van der Waals surface area contributed by atoms with Gasteiger partial charge in [-0.3, -0.25) is 0 Å². The quantitative estimate of drug-likeness (QED) is 0.482. The topological polar surface area (TPSA) is 26.0 Å². The molecule has 0 rings (SSSR count). The highest BCUT2D eigenvalue weighted by Gasteiger charge is 1.94. The molecule has 14 heavy (non-hydrogen) atoms. The zero-order valence-electron chi connectivity index (χ0n) is 9.13. The molecule has 0 radical (unpaired) electrons. The fourth-order valence-corrected chi connectivity index (χ4v) is 1.05. The summed E-state index contributed by atoms with van der Waals surface area (Å²) in [6, 6.07) is 0. The summed E-state index contributed by atoms with van der Waals surface area (Å²) in [5, 5.41) is 0. The summed E-state index contributed by atoms with van der Waals surface area (Å²) in [5.41, 5.74) is 7.09. The largest absolute Gasteiger partial charge is 0.399 e. The van der Waals surface area contributed by atoms with Crippen molar-refractivity contribution in [3.63, 3.8) is 0 Å². The fraction of sp³-hybridized carbons (Fsp3) is 0.385. The molecule has 0 amide bonds.